The summed E-state index contributed by atoms with van der Waals surface area (Å²) < 4.78 is 32.7. The summed E-state index contributed by atoms with van der Waals surface area (Å²) in [6.45, 7) is 9.69. The Labute approximate surface area is 202 Å². The summed E-state index contributed by atoms with van der Waals surface area (Å²) in [7, 11) is -3.56. The molecule has 1 saturated heterocycles. The van der Waals surface area contributed by atoms with Crippen LogP contribution < -0.4 is 5.56 Å². The van der Waals surface area contributed by atoms with Gasteiger partial charge in [-0.1, -0.05) is 6.07 Å². The zero-order chi connectivity index (χ0) is 24.6. The number of piperazine rings is 1. The highest BCUT2D eigenvalue weighted by atomic mass is 32.2. The molecule has 3 aromatic rings. The number of carbonyl (C=O) groups excluding carboxylic acids is 1. The lowest BCUT2D eigenvalue weighted by molar-refractivity contribution is 0.0531. The van der Waals surface area contributed by atoms with Crippen LogP contribution in [-0.2, 0) is 21.3 Å². The van der Waals surface area contributed by atoms with E-state index in [2.05, 4.69) is 14.9 Å². The Hall–Kier alpha value is -2.60. The monoisotopic (exact) mass is 504 g/mol. The quantitative estimate of drug-likeness (QED) is 0.514. The number of ether oxygens (including phenoxy) is 1. The van der Waals surface area contributed by atoms with Gasteiger partial charge in [0, 0.05) is 26.2 Å². The normalized spacial score (nSPS) is 15.6. The van der Waals surface area contributed by atoms with Crippen LogP contribution in [0.15, 0.2) is 27.9 Å². The second-order valence-electron chi connectivity index (χ2n) is 8.40. The minimum atomic E-state index is -3.56. The Balaban J connectivity index is 1.47. The molecule has 0 spiro atoms. The van der Waals surface area contributed by atoms with Gasteiger partial charge in [0.15, 0.2) is 0 Å². The smallest absolute Gasteiger partial charge is 0.348 e. The summed E-state index contributed by atoms with van der Waals surface area (Å²) >= 11 is 1.15. The maximum atomic E-state index is 13.1. The van der Waals surface area contributed by atoms with Crippen molar-refractivity contribution in [2.45, 2.75) is 39.1 Å². The van der Waals surface area contributed by atoms with Gasteiger partial charge < -0.3 is 9.72 Å². The van der Waals surface area contributed by atoms with Gasteiger partial charge in [-0.3, -0.25) is 9.69 Å². The number of benzene rings is 1. The number of rotatable bonds is 6. The number of esters is 1. The van der Waals surface area contributed by atoms with Crippen molar-refractivity contribution in [3.63, 3.8) is 0 Å². The standard InChI is InChI=1S/C23H28N4O5S2/c1-5-32-23(29)20-16(4)19-21(28)24-18(25-22(19)33-20)13-26-8-10-27(11-9-26)34(30,31)17-7-6-14(2)15(3)12-17/h6-7,12H,5,8-11,13H2,1-4H3,(H,24,25,28). The van der Waals surface area contributed by atoms with E-state index < -0.39 is 16.0 Å². The zero-order valence-electron chi connectivity index (χ0n) is 19.7. The fraction of sp³-hybridized carbons (Fsp3) is 0.435. The van der Waals surface area contributed by atoms with E-state index >= 15 is 0 Å². The summed E-state index contributed by atoms with van der Waals surface area (Å²) in [5, 5.41) is 0.404. The predicted molar refractivity (Wildman–Crippen MR) is 131 cm³/mol. The van der Waals surface area contributed by atoms with Crippen molar-refractivity contribution in [2.75, 3.05) is 32.8 Å². The number of nitrogens with one attached hydrogen (secondary N) is 1. The number of H-pyrrole nitrogens is 1. The van der Waals surface area contributed by atoms with E-state index in [0.29, 0.717) is 64.1 Å². The molecular formula is C23H28N4O5S2. The molecule has 1 aromatic carbocycles. The Bertz CT molecular complexity index is 1400. The van der Waals surface area contributed by atoms with Gasteiger partial charge in [0.1, 0.15) is 15.5 Å². The molecule has 1 fully saturated rings. The lowest BCUT2D eigenvalue weighted by atomic mass is 10.1. The summed E-state index contributed by atoms with van der Waals surface area (Å²) in [6, 6.07) is 5.20. The van der Waals surface area contributed by atoms with Crippen LogP contribution in [0.25, 0.3) is 10.2 Å². The Morgan fingerprint density at radius 1 is 1.15 bits per heavy atom. The highest BCUT2D eigenvalue weighted by molar-refractivity contribution is 7.89. The molecule has 34 heavy (non-hydrogen) atoms. The summed E-state index contributed by atoms with van der Waals surface area (Å²) in [6.07, 6.45) is 0. The third kappa shape index (κ3) is 4.65. The Morgan fingerprint density at radius 3 is 2.50 bits per heavy atom. The second kappa shape index (κ2) is 9.57. The number of thiophene rings is 1. The molecule has 11 heteroatoms. The van der Waals surface area contributed by atoms with Gasteiger partial charge in [0.05, 0.1) is 23.4 Å². The molecule has 3 heterocycles. The topological polar surface area (TPSA) is 113 Å². The largest absolute Gasteiger partial charge is 0.462 e. The van der Waals surface area contributed by atoms with Gasteiger partial charge in [-0.15, -0.1) is 11.3 Å². The minimum absolute atomic E-state index is 0.257. The van der Waals surface area contributed by atoms with Crippen LogP contribution in [0.1, 0.15) is 39.1 Å². The van der Waals surface area contributed by atoms with Crippen LogP contribution >= 0.6 is 11.3 Å². The third-order valence-electron chi connectivity index (χ3n) is 6.13. The molecule has 0 bridgehead atoms. The van der Waals surface area contributed by atoms with Gasteiger partial charge in [0.25, 0.3) is 5.56 Å². The van der Waals surface area contributed by atoms with Crippen molar-refractivity contribution in [1.29, 1.82) is 0 Å². The fourth-order valence-corrected chi connectivity index (χ4v) is 6.62. The highest BCUT2D eigenvalue weighted by Gasteiger charge is 2.29. The number of fused-ring (bicyclic) bond motifs is 1. The molecule has 0 unspecified atom stereocenters. The van der Waals surface area contributed by atoms with Crippen LogP contribution in [0, 0.1) is 20.8 Å². The lowest BCUT2D eigenvalue weighted by Gasteiger charge is -2.33. The molecule has 0 aliphatic carbocycles. The number of aromatic amines is 1. The van der Waals surface area contributed by atoms with Crippen LogP contribution in [0.4, 0.5) is 0 Å². The second-order valence-corrected chi connectivity index (χ2v) is 11.3. The van der Waals surface area contributed by atoms with E-state index in [4.69, 9.17) is 4.74 Å². The van der Waals surface area contributed by atoms with E-state index in [-0.39, 0.29) is 12.2 Å². The van der Waals surface area contributed by atoms with Gasteiger partial charge in [0.2, 0.25) is 10.0 Å². The number of carbonyl (C=O) groups is 1. The van der Waals surface area contributed by atoms with Gasteiger partial charge in [-0.2, -0.15) is 4.31 Å². The molecule has 0 atom stereocenters. The van der Waals surface area contributed by atoms with Gasteiger partial charge >= 0.3 is 5.97 Å². The van der Waals surface area contributed by atoms with E-state index in [1.807, 2.05) is 19.9 Å². The van der Waals surface area contributed by atoms with E-state index in [9.17, 15) is 18.0 Å². The molecular weight excluding hydrogens is 476 g/mol. The average molecular weight is 505 g/mol. The number of hydrogen-bond acceptors (Lipinski definition) is 8. The minimum Gasteiger partial charge on any atom is -0.462 e. The number of aryl methyl sites for hydroxylation is 3. The first-order chi connectivity index (χ1) is 16.1. The molecule has 1 N–H and O–H groups in total. The third-order valence-corrected chi connectivity index (χ3v) is 9.19. The van der Waals surface area contributed by atoms with Crippen molar-refractivity contribution in [2.24, 2.45) is 0 Å². The van der Waals surface area contributed by atoms with E-state index in [1.165, 1.54) is 4.31 Å². The van der Waals surface area contributed by atoms with E-state index in [1.54, 1.807) is 26.0 Å². The number of hydrogen-bond donors (Lipinski definition) is 1. The number of aromatic nitrogens is 2. The average Bonchev–Trinajstić information content (AvgIpc) is 3.13. The van der Waals surface area contributed by atoms with Crippen molar-refractivity contribution in [1.82, 2.24) is 19.2 Å². The maximum absolute atomic E-state index is 13.1. The number of nitrogens with zero attached hydrogens (tertiary/aromatic N) is 3. The molecule has 182 valence electrons. The van der Waals surface area contributed by atoms with Crippen LogP contribution in [-0.4, -0.2) is 66.3 Å². The molecule has 2 aromatic heterocycles. The van der Waals surface area contributed by atoms with Crippen molar-refractivity contribution in [3.8, 4) is 0 Å². The van der Waals surface area contributed by atoms with Gasteiger partial charge in [-0.05, 0) is 56.5 Å². The Kier molecular flexibility index (Phi) is 6.90. The molecule has 0 radical (unpaired) electrons. The molecule has 1 aliphatic rings. The first kappa shape index (κ1) is 24.5. The molecule has 4 rings (SSSR count). The summed E-state index contributed by atoms with van der Waals surface area (Å²) in [4.78, 5) is 35.5. The first-order valence-electron chi connectivity index (χ1n) is 11.1. The maximum Gasteiger partial charge on any atom is 0.348 e. The van der Waals surface area contributed by atoms with Crippen molar-refractivity contribution < 1.29 is 17.9 Å². The van der Waals surface area contributed by atoms with Gasteiger partial charge in [-0.25, -0.2) is 18.2 Å². The SMILES string of the molecule is CCOC(=O)c1sc2nc(CN3CCN(S(=O)(=O)c4ccc(C)c(C)c4)CC3)[nH]c(=O)c2c1C. The predicted octanol–water partition coefficient (Wildman–Crippen LogP) is 2.59. The van der Waals surface area contributed by atoms with Crippen LogP contribution in [0.3, 0.4) is 0 Å². The van der Waals surface area contributed by atoms with Crippen LogP contribution in [0.5, 0.6) is 0 Å². The molecule has 0 saturated carbocycles. The Morgan fingerprint density at radius 2 is 1.85 bits per heavy atom. The first-order valence-corrected chi connectivity index (χ1v) is 13.4. The highest BCUT2D eigenvalue weighted by Crippen LogP contribution is 2.28. The molecule has 9 nitrogen and oxygen atoms in total. The van der Waals surface area contributed by atoms with E-state index in [0.717, 1.165) is 22.5 Å². The molecule has 0 amide bonds. The fourth-order valence-electron chi connectivity index (χ4n) is 4.02. The zero-order valence-corrected chi connectivity index (χ0v) is 21.3. The summed E-state index contributed by atoms with van der Waals surface area (Å²) in [5.74, 6) is 0.0321. The van der Waals surface area contributed by atoms with Crippen LogP contribution in [0.2, 0.25) is 0 Å². The number of sulfonamides is 1. The summed E-state index contributed by atoms with van der Waals surface area (Å²) in [5.41, 5.74) is 2.28. The lowest BCUT2D eigenvalue weighted by Crippen LogP contribution is -2.48. The van der Waals surface area contributed by atoms with Crippen molar-refractivity contribution >= 4 is 37.5 Å². The van der Waals surface area contributed by atoms with Crippen molar-refractivity contribution in [3.05, 3.63) is 55.9 Å². The molecule has 1 aliphatic heterocycles.